The van der Waals surface area contributed by atoms with Gasteiger partial charge in [0.05, 0.1) is 5.04 Å². The van der Waals surface area contributed by atoms with Gasteiger partial charge in [0.15, 0.2) is 0 Å². The molecule has 0 saturated carbocycles. The molecule has 0 bridgehead atoms. The fraction of sp³-hybridized carbons (Fsp3) is 0.625. The maximum Gasteiger partial charge on any atom is 0.120 e. The number of hydrazone groups is 1. The maximum absolute atomic E-state index is 4.18. The van der Waals surface area contributed by atoms with Gasteiger partial charge in [0.1, 0.15) is 14.9 Å². The molecular formula is C8H12N4S2. The zero-order valence-electron chi connectivity index (χ0n) is 8.37. The summed E-state index contributed by atoms with van der Waals surface area (Å²) in [5.41, 5.74) is 3.13. The lowest BCUT2D eigenvalue weighted by atomic mass is 10.2. The Labute approximate surface area is 91.2 Å². The SMILES string of the molecule is CC1=NNC(C)(Cc2nnc(C)s2)S1. The Bertz CT molecular complexity index is 373. The van der Waals surface area contributed by atoms with E-state index in [0.29, 0.717) is 0 Å². The van der Waals surface area contributed by atoms with Crippen LogP contribution in [-0.4, -0.2) is 20.1 Å². The van der Waals surface area contributed by atoms with Gasteiger partial charge in [-0.25, -0.2) is 0 Å². The molecule has 0 fully saturated rings. The largest absolute Gasteiger partial charge is 0.293 e. The average molecular weight is 228 g/mol. The molecule has 0 radical (unpaired) electrons. The lowest BCUT2D eigenvalue weighted by molar-refractivity contribution is 0.528. The van der Waals surface area contributed by atoms with Crippen LogP contribution in [0.3, 0.4) is 0 Å². The summed E-state index contributed by atoms with van der Waals surface area (Å²) in [5, 5.41) is 15.5. The first-order valence-electron chi connectivity index (χ1n) is 4.37. The van der Waals surface area contributed by atoms with E-state index in [1.54, 1.807) is 23.1 Å². The molecule has 1 aromatic rings. The highest BCUT2D eigenvalue weighted by molar-refractivity contribution is 8.15. The van der Waals surface area contributed by atoms with Gasteiger partial charge in [-0.2, -0.15) is 5.10 Å². The van der Waals surface area contributed by atoms with Crippen LogP contribution in [0.2, 0.25) is 0 Å². The van der Waals surface area contributed by atoms with Crippen molar-refractivity contribution in [1.29, 1.82) is 0 Å². The van der Waals surface area contributed by atoms with Crippen LogP contribution in [0, 0.1) is 6.92 Å². The van der Waals surface area contributed by atoms with Crippen molar-refractivity contribution in [3.05, 3.63) is 10.0 Å². The summed E-state index contributed by atoms with van der Waals surface area (Å²) in [6, 6.07) is 0. The second-order valence-corrected chi connectivity index (χ2v) is 6.43. The van der Waals surface area contributed by atoms with Crippen molar-refractivity contribution in [2.24, 2.45) is 5.10 Å². The summed E-state index contributed by atoms with van der Waals surface area (Å²) in [4.78, 5) is -0.0456. The normalized spacial score (nSPS) is 26.1. The molecule has 0 amide bonds. The van der Waals surface area contributed by atoms with Crippen molar-refractivity contribution in [3.63, 3.8) is 0 Å². The number of aryl methyl sites for hydroxylation is 1. The second-order valence-electron chi connectivity index (χ2n) is 3.47. The number of aromatic nitrogens is 2. The molecule has 1 aromatic heterocycles. The van der Waals surface area contributed by atoms with Crippen molar-refractivity contribution >= 4 is 28.1 Å². The predicted octanol–water partition coefficient (Wildman–Crippen LogP) is 1.78. The van der Waals surface area contributed by atoms with Crippen LogP contribution in [0.1, 0.15) is 23.9 Å². The average Bonchev–Trinajstić information content (AvgIpc) is 2.60. The maximum atomic E-state index is 4.18. The number of nitrogens with one attached hydrogen (secondary N) is 1. The van der Waals surface area contributed by atoms with Gasteiger partial charge in [-0.15, -0.1) is 21.5 Å². The molecule has 14 heavy (non-hydrogen) atoms. The number of hydrogen-bond donors (Lipinski definition) is 1. The molecule has 1 aliphatic rings. The third kappa shape index (κ3) is 2.06. The van der Waals surface area contributed by atoms with Crippen molar-refractivity contribution in [3.8, 4) is 0 Å². The van der Waals surface area contributed by atoms with Crippen LogP contribution < -0.4 is 5.43 Å². The van der Waals surface area contributed by atoms with E-state index in [1.807, 2.05) is 13.8 Å². The Hall–Kier alpha value is -0.620. The minimum Gasteiger partial charge on any atom is -0.293 e. The van der Waals surface area contributed by atoms with Gasteiger partial charge in [-0.05, 0) is 20.8 Å². The Morgan fingerprint density at radius 3 is 2.64 bits per heavy atom. The van der Waals surface area contributed by atoms with Crippen LogP contribution in [-0.2, 0) is 6.42 Å². The molecule has 1 aliphatic heterocycles. The van der Waals surface area contributed by atoms with Gasteiger partial charge in [-0.3, -0.25) is 5.43 Å². The third-order valence-corrected chi connectivity index (χ3v) is 3.79. The van der Waals surface area contributed by atoms with Crippen molar-refractivity contribution in [2.75, 3.05) is 0 Å². The molecule has 4 nitrogen and oxygen atoms in total. The molecule has 0 aromatic carbocycles. The highest BCUT2D eigenvalue weighted by atomic mass is 32.2. The van der Waals surface area contributed by atoms with Gasteiger partial charge in [0.25, 0.3) is 0 Å². The molecule has 76 valence electrons. The van der Waals surface area contributed by atoms with Gasteiger partial charge in [0.2, 0.25) is 0 Å². The molecular weight excluding hydrogens is 216 g/mol. The molecule has 6 heteroatoms. The molecule has 1 N–H and O–H groups in total. The summed E-state index contributed by atoms with van der Waals surface area (Å²) in [7, 11) is 0. The van der Waals surface area contributed by atoms with Crippen LogP contribution in [0.4, 0.5) is 0 Å². The number of nitrogens with zero attached hydrogens (tertiary/aromatic N) is 3. The van der Waals surface area contributed by atoms with Gasteiger partial charge in [0, 0.05) is 6.42 Å². The molecule has 2 rings (SSSR count). The predicted molar refractivity (Wildman–Crippen MR) is 60.6 cm³/mol. The second kappa shape index (κ2) is 3.51. The first kappa shape index (κ1) is 9.92. The Kier molecular flexibility index (Phi) is 2.48. The monoisotopic (exact) mass is 228 g/mol. The number of hydrogen-bond acceptors (Lipinski definition) is 6. The number of rotatable bonds is 2. The van der Waals surface area contributed by atoms with E-state index < -0.39 is 0 Å². The minimum atomic E-state index is -0.0456. The van der Waals surface area contributed by atoms with E-state index in [2.05, 4.69) is 27.6 Å². The summed E-state index contributed by atoms with van der Waals surface area (Å²) < 4.78 is 0. The van der Waals surface area contributed by atoms with E-state index in [9.17, 15) is 0 Å². The van der Waals surface area contributed by atoms with Gasteiger partial charge < -0.3 is 0 Å². The zero-order chi connectivity index (χ0) is 10.2. The summed E-state index contributed by atoms with van der Waals surface area (Å²) in [5.74, 6) is 0. The topological polar surface area (TPSA) is 50.2 Å². The van der Waals surface area contributed by atoms with E-state index in [-0.39, 0.29) is 4.87 Å². The fourth-order valence-electron chi connectivity index (χ4n) is 1.34. The van der Waals surface area contributed by atoms with E-state index in [4.69, 9.17) is 0 Å². The van der Waals surface area contributed by atoms with Crippen molar-refractivity contribution < 1.29 is 0 Å². The van der Waals surface area contributed by atoms with Crippen LogP contribution in [0.15, 0.2) is 5.10 Å². The molecule has 1 atom stereocenters. The lowest BCUT2D eigenvalue weighted by Crippen LogP contribution is -2.34. The molecule has 2 heterocycles. The van der Waals surface area contributed by atoms with Crippen molar-refractivity contribution in [1.82, 2.24) is 15.6 Å². The summed E-state index contributed by atoms with van der Waals surface area (Å²) >= 11 is 3.40. The minimum absolute atomic E-state index is 0.0456. The van der Waals surface area contributed by atoms with Crippen LogP contribution in [0.5, 0.6) is 0 Å². The first-order chi connectivity index (χ1) is 6.57. The molecule has 0 spiro atoms. The number of thioether (sulfide) groups is 1. The molecule has 0 saturated heterocycles. The molecule has 0 aliphatic carbocycles. The molecule has 1 unspecified atom stereocenters. The van der Waals surface area contributed by atoms with Crippen molar-refractivity contribution in [2.45, 2.75) is 32.1 Å². The smallest absolute Gasteiger partial charge is 0.120 e. The Morgan fingerprint density at radius 2 is 2.14 bits per heavy atom. The zero-order valence-corrected chi connectivity index (χ0v) is 10.00. The van der Waals surface area contributed by atoms with Crippen LogP contribution in [0.25, 0.3) is 0 Å². The summed E-state index contributed by atoms with van der Waals surface area (Å²) in [6.07, 6.45) is 0.865. The van der Waals surface area contributed by atoms with Gasteiger partial charge in [-0.1, -0.05) is 11.8 Å². The standard InChI is InChI=1S/C8H12N4S2/c1-5-9-11-7(13-5)4-8(3)12-10-6(2)14-8/h12H,4H2,1-3H3. The fourth-order valence-corrected chi connectivity index (χ4v) is 3.34. The third-order valence-electron chi connectivity index (χ3n) is 1.88. The Morgan fingerprint density at radius 1 is 1.36 bits per heavy atom. The highest BCUT2D eigenvalue weighted by Crippen LogP contribution is 2.32. The highest BCUT2D eigenvalue weighted by Gasteiger charge is 2.31. The van der Waals surface area contributed by atoms with E-state index in [0.717, 1.165) is 21.5 Å². The first-order valence-corrected chi connectivity index (χ1v) is 6.00. The van der Waals surface area contributed by atoms with E-state index in [1.165, 1.54) is 0 Å². The van der Waals surface area contributed by atoms with Crippen LogP contribution >= 0.6 is 23.1 Å². The quantitative estimate of drug-likeness (QED) is 0.838. The van der Waals surface area contributed by atoms with Gasteiger partial charge >= 0.3 is 0 Å². The van der Waals surface area contributed by atoms with E-state index >= 15 is 0 Å². The summed E-state index contributed by atoms with van der Waals surface area (Å²) in [6.45, 7) is 6.11. The Balaban J connectivity index is 2.05. The lowest BCUT2D eigenvalue weighted by Gasteiger charge is -2.20.